The van der Waals surface area contributed by atoms with Gasteiger partial charge in [0.15, 0.2) is 0 Å². The monoisotopic (exact) mass is 532 g/mol. The molecule has 0 unspecified atom stereocenters. The van der Waals surface area contributed by atoms with Crippen molar-refractivity contribution in [1.82, 2.24) is 0 Å². The molecule has 30 heavy (non-hydrogen) atoms. The quantitative estimate of drug-likeness (QED) is 0.205. The van der Waals surface area contributed by atoms with Crippen molar-refractivity contribution in [3.8, 4) is 0 Å². The van der Waals surface area contributed by atoms with Gasteiger partial charge in [-0.1, -0.05) is 0 Å². The first-order valence-electron chi connectivity index (χ1n) is 5.66. The van der Waals surface area contributed by atoms with E-state index >= 15 is 0 Å². The molecule has 0 aliphatic rings. The van der Waals surface area contributed by atoms with E-state index in [1.54, 1.807) is 0 Å². The summed E-state index contributed by atoms with van der Waals surface area (Å²) in [5.41, 5.74) is 0. The van der Waals surface area contributed by atoms with Crippen LogP contribution in [0.25, 0.3) is 0 Å². The summed E-state index contributed by atoms with van der Waals surface area (Å²) in [6.45, 7) is 0. The molecule has 0 aliphatic heterocycles. The summed E-state index contributed by atoms with van der Waals surface area (Å²) in [6, 6.07) is 0. The third-order valence-corrected chi connectivity index (χ3v) is 3.12. The molecule has 0 N–H and O–H groups in total. The van der Waals surface area contributed by atoms with Crippen LogP contribution in [0, 0.1) is 0 Å². The third-order valence-electron chi connectivity index (χ3n) is 2.76. The molecule has 5 nitrogen and oxygen atoms in total. The predicted molar refractivity (Wildman–Crippen MR) is 51.5 cm³/mol. The Morgan fingerprint density at radius 2 is 0.867 bits per heavy atom. The van der Waals surface area contributed by atoms with Gasteiger partial charge in [0.25, 0.3) is 10.4 Å². The van der Waals surface area contributed by atoms with Gasteiger partial charge in [-0.2, -0.15) is 65.9 Å². The molecule has 0 radical (unpaired) electrons. The van der Waals surface area contributed by atoms with E-state index in [1.807, 2.05) is 4.18 Å². The number of carbonyl (C=O) groups excluding carboxylic acids is 1. The van der Waals surface area contributed by atoms with Gasteiger partial charge in [-0.25, -0.2) is 13.2 Å². The molecule has 0 atom stereocenters. The molecule has 0 fully saturated rings. The number of halogens is 15. The van der Waals surface area contributed by atoms with Crippen LogP contribution in [0.3, 0.4) is 0 Å². The van der Waals surface area contributed by atoms with Gasteiger partial charge in [0.2, 0.25) is 0 Å². The second-order valence-corrected chi connectivity index (χ2v) is 5.71. The van der Waals surface area contributed by atoms with Gasteiger partial charge in [-0.3, -0.25) is 0 Å². The average molecular weight is 532 g/mol. The zero-order chi connectivity index (χ0) is 24.3. The predicted octanol–water partition coefficient (Wildman–Crippen LogP) is 0.368. The maximum absolute atomic E-state index is 13.1. The van der Waals surface area contributed by atoms with E-state index in [1.165, 1.54) is 0 Å². The minimum absolute atomic E-state index is 0. The van der Waals surface area contributed by atoms with E-state index in [9.17, 15) is 83.6 Å². The fourth-order valence-corrected chi connectivity index (χ4v) is 1.53. The van der Waals surface area contributed by atoms with Gasteiger partial charge in [-0.15, -0.1) is 0 Å². The van der Waals surface area contributed by atoms with Crippen LogP contribution < -0.4 is 51.4 Å². The van der Waals surface area contributed by atoms with Crippen LogP contribution >= 0.6 is 0 Å². The van der Waals surface area contributed by atoms with E-state index in [2.05, 4.69) is 0 Å². The molecule has 0 saturated heterocycles. The number of hydrogen-bond acceptors (Lipinski definition) is 5. The molecule has 0 amide bonds. The van der Waals surface area contributed by atoms with Crippen LogP contribution in [-0.4, -0.2) is 60.7 Å². The van der Waals surface area contributed by atoms with Crippen molar-refractivity contribution < 1.29 is 139 Å². The molecule has 22 heteroatoms. The summed E-state index contributed by atoms with van der Waals surface area (Å²) in [7, 11) is -6.78. The molecule has 0 aromatic rings. The molecular weight excluding hydrogens is 532 g/mol. The number of rotatable bonds is 7. The molecular formula is C8F15KO5S. The molecule has 0 rings (SSSR count). The van der Waals surface area contributed by atoms with E-state index < -0.39 is 58.1 Å². The van der Waals surface area contributed by atoms with Gasteiger partial charge in [0.1, 0.15) is 0 Å². The number of hydrogen-bond donors (Lipinski definition) is 0. The number of carbonyl (C=O) groups is 1. The maximum atomic E-state index is 13.1. The van der Waals surface area contributed by atoms with Crippen LogP contribution in [0.4, 0.5) is 65.9 Å². The SMILES string of the molecule is O=C(OS(=O)(=O)[O-])C(F)(F)C(F)(F)C(F)(F)C(F)(F)C(F)(F)C(F)(F)C(F)(F)F.[K+]. The van der Waals surface area contributed by atoms with Crippen LogP contribution in [0.1, 0.15) is 0 Å². The van der Waals surface area contributed by atoms with Crippen molar-refractivity contribution in [3.05, 3.63) is 0 Å². The van der Waals surface area contributed by atoms with E-state index in [4.69, 9.17) is 0 Å². The van der Waals surface area contributed by atoms with E-state index in [0.717, 1.165) is 0 Å². The van der Waals surface area contributed by atoms with Crippen LogP contribution in [0.5, 0.6) is 0 Å². The van der Waals surface area contributed by atoms with Crippen LogP contribution in [0.15, 0.2) is 0 Å². The Labute approximate surface area is 196 Å². The normalized spacial score (nSPS) is 15.5. The van der Waals surface area contributed by atoms with Crippen molar-refractivity contribution in [1.29, 1.82) is 0 Å². The first-order chi connectivity index (χ1) is 12.1. The van der Waals surface area contributed by atoms with E-state index in [-0.39, 0.29) is 51.4 Å². The Morgan fingerprint density at radius 3 is 1.13 bits per heavy atom. The Hall–Kier alpha value is -0.0336. The molecule has 0 bridgehead atoms. The summed E-state index contributed by atoms with van der Waals surface area (Å²) in [4.78, 5) is 10.4. The van der Waals surface area contributed by atoms with Crippen molar-refractivity contribution in [3.63, 3.8) is 0 Å². The molecule has 174 valence electrons. The number of alkyl halides is 15. The molecule has 0 aromatic carbocycles. The zero-order valence-corrected chi connectivity index (χ0v) is 17.1. The first-order valence-corrected chi connectivity index (χ1v) is 6.99. The van der Waals surface area contributed by atoms with Gasteiger partial charge in [0.05, 0.1) is 0 Å². The summed E-state index contributed by atoms with van der Waals surface area (Å²) < 4.78 is 222. The minimum atomic E-state index is -8.66. The standard InChI is InChI=1S/C8HF15O5S.K/c9-2(10,1(24)28-29(25,26)27)3(11,12)4(13,14)5(15,16)6(17,18)7(19,20)8(21,22)23;/h(H,25,26,27);/q;+1/p-1. The topological polar surface area (TPSA) is 83.5 Å². The Kier molecular flexibility index (Phi) is 8.99. The second-order valence-electron chi connectivity index (χ2n) is 4.72. The molecule has 0 aromatic heterocycles. The average Bonchev–Trinajstić information content (AvgIpc) is 2.42. The summed E-state index contributed by atoms with van der Waals surface area (Å²) >= 11 is 0. The molecule has 0 heterocycles. The van der Waals surface area contributed by atoms with E-state index in [0.29, 0.717) is 0 Å². The zero-order valence-electron chi connectivity index (χ0n) is 13.1. The van der Waals surface area contributed by atoms with Gasteiger partial charge < -0.3 is 8.74 Å². The van der Waals surface area contributed by atoms with Gasteiger partial charge >= 0.3 is 99.1 Å². The first kappa shape index (κ1) is 32.1. The molecule has 0 saturated carbocycles. The summed E-state index contributed by atoms with van der Waals surface area (Å²) in [5.74, 6) is -54.5. The van der Waals surface area contributed by atoms with Crippen molar-refractivity contribution in [2.45, 2.75) is 41.7 Å². The Bertz CT molecular complexity index is 757. The maximum Gasteiger partial charge on any atom is 1.00 e. The van der Waals surface area contributed by atoms with Gasteiger partial charge in [-0.05, 0) is 0 Å². The van der Waals surface area contributed by atoms with Gasteiger partial charge in [0, 0.05) is 0 Å². The summed E-state index contributed by atoms with van der Waals surface area (Å²) in [6.07, 6.45) is -7.80. The van der Waals surface area contributed by atoms with Crippen LogP contribution in [0.2, 0.25) is 0 Å². The second kappa shape index (κ2) is 8.39. The Morgan fingerprint density at radius 1 is 0.600 bits per heavy atom. The Balaban J connectivity index is 0. The van der Waals surface area contributed by atoms with Crippen molar-refractivity contribution >= 4 is 16.4 Å². The summed E-state index contributed by atoms with van der Waals surface area (Å²) in [5, 5.41) is 0. The molecule has 0 spiro atoms. The van der Waals surface area contributed by atoms with Crippen molar-refractivity contribution in [2.24, 2.45) is 0 Å². The minimum Gasteiger partial charge on any atom is -0.716 e. The van der Waals surface area contributed by atoms with Crippen molar-refractivity contribution in [2.75, 3.05) is 0 Å². The fraction of sp³-hybridized carbons (Fsp3) is 0.875. The fourth-order valence-electron chi connectivity index (χ4n) is 1.24. The largest absolute Gasteiger partial charge is 1.00 e. The third kappa shape index (κ3) is 4.82. The van der Waals surface area contributed by atoms with Crippen LogP contribution in [-0.2, 0) is 19.4 Å². The smallest absolute Gasteiger partial charge is 0.716 e. The molecule has 0 aliphatic carbocycles.